The fourth-order valence-electron chi connectivity index (χ4n) is 3.53. The highest BCUT2D eigenvalue weighted by Gasteiger charge is 2.34. The van der Waals surface area contributed by atoms with Crippen LogP contribution in [0.15, 0.2) is 55.0 Å². The van der Waals surface area contributed by atoms with Gasteiger partial charge in [0.05, 0.1) is 5.60 Å². The molecular weight excluding hydrogens is 372 g/mol. The fourth-order valence-corrected chi connectivity index (χ4v) is 4.57. The second kappa shape index (κ2) is 7.79. The van der Waals surface area contributed by atoms with E-state index >= 15 is 0 Å². The normalized spacial score (nSPS) is 16.8. The zero-order valence-electron chi connectivity index (χ0n) is 15.4. The third-order valence-electron chi connectivity index (χ3n) is 5.22. The minimum absolute atomic E-state index is 0.273. The van der Waals surface area contributed by atoms with E-state index in [0.717, 1.165) is 35.6 Å². The third kappa shape index (κ3) is 3.96. The summed E-state index contributed by atoms with van der Waals surface area (Å²) in [7, 11) is 0. The van der Waals surface area contributed by atoms with Gasteiger partial charge in [-0.25, -0.2) is 0 Å². The van der Waals surface area contributed by atoms with Crippen molar-refractivity contribution in [2.24, 2.45) is 5.73 Å². The van der Waals surface area contributed by atoms with Crippen molar-refractivity contribution in [2.45, 2.75) is 25.0 Å². The zero-order valence-corrected chi connectivity index (χ0v) is 16.2. The molecule has 6 nitrogen and oxygen atoms in total. The molecule has 0 saturated carbocycles. The van der Waals surface area contributed by atoms with Crippen molar-refractivity contribution in [3.63, 3.8) is 0 Å². The van der Waals surface area contributed by atoms with Crippen LogP contribution >= 0.6 is 11.3 Å². The van der Waals surface area contributed by atoms with Gasteiger partial charge in [-0.3, -0.25) is 19.7 Å². The molecule has 1 aliphatic heterocycles. The number of thiophene rings is 1. The van der Waals surface area contributed by atoms with Crippen LogP contribution in [0.5, 0.6) is 0 Å². The van der Waals surface area contributed by atoms with E-state index in [2.05, 4.69) is 27.0 Å². The summed E-state index contributed by atoms with van der Waals surface area (Å²) in [6.45, 7) is 2.54. The number of carbonyl (C=O) groups is 1. The summed E-state index contributed by atoms with van der Waals surface area (Å²) in [5.74, 6) is -0.519. The van der Waals surface area contributed by atoms with Gasteiger partial charge in [-0.05, 0) is 43.2 Å². The lowest BCUT2D eigenvalue weighted by atomic mass is 9.85. The van der Waals surface area contributed by atoms with Crippen LogP contribution < -0.4 is 5.73 Å². The maximum atomic E-state index is 11.1. The van der Waals surface area contributed by atoms with E-state index in [0.29, 0.717) is 12.8 Å². The first-order valence-electron chi connectivity index (χ1n) is 9.24. The number of amides is 1. The molecule has 0 spiro atoms. The first kappa shape index (κ1) is 18.7. The first-order chi connectivity index (χ1) is 13.5. The van der Waals surface area contributed by atoms with Gasteiger partial charge in [-0.1, -0.05) is 6.07 Å². The van der Waals surface area contributed by atoms with E-state index < -0.39 is 11.5 Å². The maximum absolute atomic E-state index is 11.1. The van der Waals surface area contributed by atoms with E-state index in [-0.39, 0.29) is 5.69 Å². The first-order valence-corrected chi connectivity index (χ1v) is 10.1. The fraction of sp³-hybridized carbons (Fsp3) is 0.286. The Morgan fingerprint density at radius 2 is 2.00 bits per heavy atom. The summed E-state index contributed by atoms with van der Waals surface area (Å²) in [4.78, 5) is 24.1. The minimum Gasteiger partial charge on any atom is -0.385 e. The molecule has 1 aliphatic rings. The number of aliphatic hydroxyl groups is 1. The SMILES string of the molecule is NC(=O)c1ccc(-c2ccc(CN3CCC(O)(c4cccnc4)CC3)s2)cn1. The number of nitrogens with zero attached hydrogens (tertiary/aromatic N) is 3. The molecule has 0 atom stereocenters. The molecule has 3 aromatic rings. The van der Waals surface area contributed by atoms with Crippen LogP contribution in [-0.2, 0) is 12.1 Å². The quantitative estimate of drug-likeness (QED) is 0.694. The standard InChI is InChI=1S/C21H22N4O2S/c22-20(26)18-5-3-15(12-24-18)19-6-4-17(28-19)14-25-10-7-21(27,8-11-25)16-2-1-9-23-13-16/h1-6,9,12-13,27H,7-8,10-11,14H2,(H2,22,26). The molecular formula is C21H22N4O2S. The Bertz CT molecular complexity index is 948. The maximum Gasteiger partial charge on any atom is 0.267 e. The number of pyridine rings is 2. The highest BCUT2D eigenvalue weighted by Crippen LogP contribution is 2.34. The molecule has 4 rings (SSSR count). The van der Waals surface area contributed by atoms with E-state index in [1.165, 1.54) is 4.88 Å². The smallest absolute Gasteiger partial charge is 0.267 e. The molecule has 28 heavy (non-hydrogen) atoms. The van der Waals surface area contributed by atoms with Gasteiger partial charge >= 0.3 is 0 Å². The summed E-state index contributed by atoms with van der Waals surface area (Å²) >= 11 is 1.72. The summed E-state index contributed by atoms with van der Waals surface area (Å²) < 4.78 is 0. The van der Waals surface area contributed by atoms with E-state index in [1.54, 1.807) is 36.0 Å². The molecule has 0 radical (unpaired) electrons. The number of hydrogen-bond donors (Lipinski definition) is 2. The molecule has 0 aromatic carbocycles. The number of primary amides is 1. The molecule has 1 fully saturated rings. The van der Waals surface area contributed by atoms with Crippen molar-refractivity contribution in [1.29, 1.82) is 0 Å². The average Bonchev–Trinajstić information content (AvgIpc) is 3.19. The zero-order chi connectivity index (χ0) is 19.6. The number of piperidine rings is 1. The van der Waals surface area contributed by atoms with Gasteiger partial charge < -0.3 is 10.8 Å². The second-order valence-corrected chi connectivity index (χ2v) is 8.28. The van der Waals surface area contributed by atoms with Crippen LogP contribution in [0, 0.1) is 0 Å². The molecule has 7 heteroatoms. The molecule has 0 bridgehead atoms. The van der Waals surface area contributed by atoms with Gasteiger partial charge in [0, 0.05) is 59.1 Å². The van der Waals surface area contributed by atoms with Gasteiger partial charge in [-0.15, -0.1) is 11.3 Å². The Hall–Kier alpha value is -2.61. The Labute approximate surface area is 167 Å². The number of nitrogens with two attached hydrogens (primary N) is 1. The van der Waals surface area contributed by atoms with Gasteiger partial charge in [0.2, 0.25) is 0 Å². The van der Waals surface area contributed by atoms with Gasteiger partial charge in [-0.2, -0.15) is 0 Å². The second-order valence-electron chi connectivity index (χ2n) is 7.11. The summed E-state index contributed by atoms with van der Waals surface area (Å²) in [6, 6.07) is 11.6. The number of carbonyl (C=O) groups excluding carboxylic acids is 1. The van der Waals surface area contributed by atoms with Gasteiger partial charge in [0.15, 0.2) is 0 Å². The van der Waals surface area contributed by atoms with Crippen molar-refractivity contribution in [1.82, 2.24) is 14.9 Å². The van der Waals surface area contributed by atoms with Crippen molar-refractivity contribution < 1.29 is 9.90 Å². The van der Waals surface area contributed by atoms with E-state index in [1.807, 2.05) is 18.2 Å². The molecule has 3 N–H and O–H groups in total. The van der Waals surface area contributed by atoms with Crippen LogP contribution in [0.25, 0.3) is 10.4 Å². The van der Waals surface area contributed by atoms with Crippen molar-refractivity contribution in [3.05, 3.63) is 71.1 Å². The number of hydrogen-bond acceptors (Lipinski definition) is 6. The van der Waals surface area contributed by atoms with Crippen LogP contribution in [0.1, 0.15) is 33.8 Å². The van der Waals surface area contributed by atoms with Crippen LogP contribution in [0.3, 0.4) is 0 Å². The molecule has 1 amide bonds. The van der Waals surface area contributed by atoms with Crippen LogP contribution in [0.4, 0.5) is 0 Å². The summed E-state index contributed by atoms with van der Waals surface area (Å²) in [6.07, 6.45) is 6.58. The largest absolute Gasteiger partial charge is 0.385 e. The number of rotatable bonds is 5. The molecule has 144 valence electrons. The summed E-state index contributed by atoms with van der Waals surface area (Å²) in [5, 5.41) is 10.9. The van der Waals surface area contributed by atoms with Crippen molar-refractivity contribution in [3.8, 4) is 10.4 Å². The monoisotopic (exact) mass is 394 g/mol. The number of aromatic nitrogens is 2. The van der Waals surface area contributed by atoms with Gasteiger partial charge in [0.25, 0.3) is 5.91 Å². The lowest BCUT2D eigenvalue weighted by molar-refractivity contribution is -0.0277. The Morgan fingerprint density at radius 3 is 2.64 bits per heavy atom. The highest BCUT2D eigenvalue weighted by molar-refractivity contribution is 7.15. The molecule has 4 heterocycles. The Kier molecular flexibility index (Phi) is 5.21. The molecule has 3 aromatic heterocycles. The topological polar surface area (TPSA) is 92.3 Å². The van der Waals surface area contributed by atoms with Gasteiger partial charge in [0.1, 0.15) is 5.69 Å². The predicted molar refractivity (Wildman–Crippen MR) is 109 cm³/mol. The average molecular weight is 395 g/mol. The lowest BCUT2D eigenvalue weighted by Gasteiger charge is -2.38. The van der Waals surface area contributed by atoms with Crippen molar-refractivity contribution >= 4 is 17.2 Å². The van der Waals surface area contributed by atoms with E-state index in [4.69, 9.17) is 5.73 Å². The Balaban J connectivity index is 1.38. The molecule has 0 aliphatic carbocycles. The van der Waals surface area contributed by atoms with Crippen LogP contribution in [-0.4, -0.2) is 39.0 Å². The van der Waals surface area contributed by atoms with E-state index in [9.17, 15) is 9.90 Å². The van der Waals surface area contributed by atoms with Crippen LogP contribution in [0.2, 0.25) is 0 Å². The minimum atomic E-state index is -0.779. The summed E-state index contributed by atoms with van der Waals surface area (Å²) in [5.41, 5.74) is 6.62. The number of likely N-dealkylation sites (tertiary alicyclic amines) is 1. The molecule has 1 saturated heterocycles. The van der Waals surface area contributed by atoms with Crippen molar-refractivity contribution in [2.75, 3.05) is 13.1 Å². The molecule has 0 unspecified atom stereocenters. The predicted octanol–water partition coefficient (Wildman–Crippen LogP) is 2.79. The lowest BCUT2D eigenvalue weighted by Crippen LogP contribution is -2.42. The third-order valence-corrected chi connectivity index (χ3v) is 6.34. The highest BCUT2D eigenvalue weighted by atomic mass is 32.1. The Morgan fingerprint density at radius 1 is 1.18 bits per heavy atom.